The van der Waals surface area contributed by atoms with Crippen LogP contribution in [0.1, 0.15) is 24.8 Å². The van der Waals surface area contributed by atoms with Crippen molar-refractivity contribution in [1.29, 1.82) is 10.8 Å². The van der Waals surface area contributed by atoms with Crippen LogP contribution in [0.3, 0.4) is 0 Å². The van der Waals surface area contributed by atoms with E-state index in [1.807, 2.05) is 0 Å². The molecule has 1 aromatic rings. The molecule has 0 aromatic heterocycles. The molecule has 156 valence electrons. The van der Waals surface area contributed by atoms with E-state index in [1.54, 1.807) is 12.1 Å². The molecule has 1 amide bonds. The van der Waals surface area contributed by atoms with Gasteiger partial charge in [-0.3, -0.25) is 15.6 Å². The third kappa shape index (κ3) is 9.36. The smallest absolute Gasteiger partial charge is 0.265 e. The first kappa shape index (κ1) is 24.2. The van der Waals surface area contributed by atoms with Crippen LogP contribution in [0.2, 0.25) is 10.0 Å². The maximum atomic E-state index is 12.0. The minimum Gasteiger partial charge on any atom is -0.490 e. The lowest BCUT2D eigenvalue weighted by molar-refractivity contribution is -0.114. The highest BCUT2D eigenvalue weighted by Crippen LogP contribution is 2.34. The topological polar surface area (TPSA) is 150 Å². The highest BCUT2D eigenvalue weighted by molar-refractivity contribution is 6.39. The Morgan fingerprint density at radius 1 is 1.11 bits per heavy atom. The number of halogens is 2. The number of nitrogens with one attached hydrogen (secondary N) is 4. The first-order valence-electron chi connectivity index (χ1n) is 9.05. The molecule has 10 heteroatoms. The maximum Gasteiger partial charge on any atom is 0.265 e. The molecule has 0 bridgehead atoms. The molecule has 0 unspecified atom stereocenters. The van der Waals surface area contributed by atoms with Gasteiger partial charge in [0.1, 0.15) is 11.5 Å². The van der Waals surface area contributed by atoms with E-state index in [0.29, 0.717) is 60.6 Å². The van der Waals surface area contributed by atoms with Crippen LogP contribution < -0.4 is 26.8 Å². The minimum atomic E-state index is -0.424. The van der Waals surface area contributed by atoms with Crippen molar-refractivity contribution in [2.45, 2.75) is 25.7 Å². The number of carbonyl (C=O) groups is 1. The normalized spacial score (nSPS) is 10.5. The molecule has 0 aliphatic heterocycles. The van der Waals surface area contributed by atoms with Crippen LogP contribution in [0.25, 0.3) is 0 Å². The third-order valence-electron chi connectivity index (χ3n) is 3.69. The van der Waals surface area contributed by atoms with Crippen LogP contribution in [-0.4, -0.2) is 50.2 Å². The number of rotatable bonds is 14. The third-order valence-corrected chi connectivity index (χ3v) is 4.25. The van der Waals surface area contributed by atoms with Gasteiger partial charge in [0.2, 0.25) is 0 Å². The summed E-state index contributed by atoms with van der Waals surface area (Å²) in [5.41, 5.74) is 11.3. The van der Waals surface area contributed by atoms with E-state index in [4.69, 9.17) is 50.2 Å². The number of amidine groups is 1. The Labute approximate surface area is 175 Å². The highest BCUT2D eigenvalue weighted by Gasteiger charge is 2.14. The summed E-state index contributed by atoms with van der Waals surface area (Å²) in [4.78, 5) is 12.0. The number of hydrogen-bond acceptors (Lipinski definition) is 6. The van der Waals surface area contributed by atoms with Crippen LogP contribution in [-0.2, 0) is 11.2 Å². The molecule has 28 heavy (non-hydrogen) atoms. The average Bonchev–Trinajstić information content (AvgIpc) is 2.62. The standard InChI is InChI=1S/C18H28Cl2N6O2/c19-13-8-12(9-14(20)17(13)28-7-3-4-21)10-15(22)18(27)26-6-2-1-5-25-11-16(23)24/h8-9,22,25H,1-7,10-11,21H2,(H3,23,24)(H,26,27). The van der Waals surface area contributed by atoms with E-state index in [1.165, 1.54) is 0 Å². The highest BCUT2D eigenvalue weighted by atomic mass is 35.5. The van der Waals surface area contributed by atoms with E-state index in [-0.39, 0.29) is 18.0 Å². The van der Waals surface area contributed by atoms with Crippen molar-refractivity contribution in [3.8, 4) is 5.75 Å². The summed E-state index contributed by atoms with van der Waals surface area (Å²) in [6, 6.07) is 3.29. The average molecular weight is 431 g/mol. The SMILES string of the molecule is N=C(N)CNCCCCNC(=O)C(=N)Cc1cc(Cl)c(OCCCN)c(Cl)c1. The van der Waals surface area contributed by atoms with Gasteiger partial charge in [0.05, 0.1) is 23.2 Å². The summed E-state index contributed by atoms with van der Waals surface area (Å²) in [6.07, 6.45) is 2.40. The molecule has 1 rings (SSSR count). The fourth-order valence-corrected chi connectivity index (χ4v) is 2.94. The Hall–Kier alpha value is -1.87. The van der Waals surface area contributed by atoms with Crippen LogP contribution in [0.4, 0.5) is 0 Å². The van der Waals surface area contributed by atoms with Crippen LogP contribution in [0, 0.1) is 10.8 Å². The van der Waals surface area contributed by atoms with E-state index in [0.717, 1.165) is 12.8 Å². The van der Waals surface area contributed by atoms with Gasteiger partial charge >= 0.3 is 0 Å². The summed E-state index contributed by atoms with van der Waals surface area (Å²) < 4.78 is 5.52. The number of unbranched alkanes of at least 4 members (excludes halogenated alkanes) is 1. The van der Waals surface area contributed by atoms with Gasteiger partial charge in [-0.15, -0.1) is 0 Å². The molecule has 0 atom stereocenters. The number of benzene rings is 1. The molecule has 0 saturated heterocycles. The zero-order chi connectivity index (χ0) is 20.9. The molecule has 0 aliphatic rings. The van der Waals surface area contributed by atoms with Crippen molar-refractivity contribution in [3.05, 3.63) is 27.7 Å². The van der Waals surface area contributed by atoms with E-state index < -0.39 is 5.91 Å². The Bertz CT molecular complexity index is 661. The summed E-state index contributed by atoms with van der Waals surface area (Å²) in [6.45, 7) is 2.47. The molecule has 0 aliphatic carbocycles. The summed E-state index contributed by atoms with van der Waals surface area (Å²) in [5.74, 6) is 0.0548. The van der Waals surface area contributed by atoms with Crippen molar-refractivity contribution < 1.29 is 9.53 Å². The van der Waals surface area contributed by atoms with Crippen molar-refractivity contribution in [2.24, 2.45) is 11.5 Å². The molecule has 0 saturated carbocycles. The van der Waals surface area contributed by atoms with Crippen molar-refractivity contribution >= 4 is 40.7 Å². The number of nitrogens with two attached hydrogens (primary N) is 2. The van der Waals surface area contributed by atoms with Crippen LogP contribution in [0.5, 0.6) is 5.75 Å². The second kappa shape index (κ2) is 13.3. The maximum absolute atomic E-state index is 12.0. The fraction of sp³-hybridized carbons (Fsp3) is 0.500. The van der Waals surface area contributed by atoms with Gasteiger partial charge in [-0.2, -0.15) is 0 Å². The Morgan fingerprint density at radius 3 is 2.36 bits per heavy atom. The van der Waals surface area contributed by atoms with Crippen molar-refractivity contribution in [3.63, 3.8) is 0 Å². The minimum absolute atomic E-state index is 0.0707. The number of hydrogen-bond donors (Lipinski definition) is 6. The van der Waals surface area contributed by atoms with Gasteiger partial charge in [0, 0.05) is 13.0 Å². The molecule has 0 spiro atoms. The first-order chi connectivity index (χ1) is 13.3. The van der Waals surface area contributed by atoms with E-state index >= 15 is 0 Å². The molecule has 0 radical (unpaired) electrons. The fourth-order valence-electron chi connectivity index (χ4n) is 2.30. The molecule has 8 N–H and O–H groups in total. The van der Waals surface area contributed by atoms with Gasteiger partial charge < -0.3 is 26.8 Å². The van der Waals surface area contributed by atoms with E-state index in [2.05, 4.69) is 10.6 Å². The monoisotopic (exact) mass is 430 g/mol. The van der Waals surface area contributed by atoms with Gasteiger partial charge in [-0.1, -0.05) is 23.2 Å². The number of ether oxygens (including phenoxy) is 1. The zero-order valence-corrected chi connectivity index (χ0v) is 17.3. The summed E-state index contributed by atoms with van der Waals surface area (Å²) in [5, 5.41) is 21.5. The van der Waals surface area contributed by atoms with E-state index in [9.17, 15) is 4.79 Å². The van der Waals surface area contributed by atoms with Crippen molar-refractivity contribution in [1.82, 2.24) is 10.6 Å². The largest absolute Gasteiger partial charge is 0.490 e. The van der Waals surface area contributed by atoms with Gasteiger partial charge in [-0.25, -0.2) is 0 Å². The lowest BCUT2D eigenvalue weighted by Crippen LogP contribution is -2.33. The predicted molar refractivity (Wildman–Crippen MR) is 114 cm³/mol. The molecule has 0 fully saturated rings. The Balaban J connectivity index is 2.40. The molecular weight excluding hydrogens is 403 g/mol. The predicted octanol–water partition coefficient (Wildman–Crippen LogP) is 1.71. The molecular formula is C18H28Cl2N6O2. The zero-order valence-electron chi connectivity index (χ0n) is 15.7. The Morgan fingerprint density at radius 2 is 1.75 bits per heavy atom. The molecule has 8 nitrogen and oxygen atoms in total. The van der Waals surface area contributed by atoms with Crippen LogP contribution >= 0.6 is 23.2 Å². The second-order valence-electron chi connectivity index (χ2n) is 6.20. The Kier molecular flexibility index (Phi) is 11.5. The van der Waals surface area contributed by atoms with Crippen LogP contribution in [0.15, 0.2) is 12.1 Å². The second-order valence-corrected chi connectivity index (χ2v) is 7.01. The van der Waals surface area contributed by atoms with Gasteiger partial charge in [0.15, 0.2) is 5.75 Å². The van der Waals surface area contributed by atoms with Crippen molar-refractivity contribution in [2.75, 3.05) is 32.8 Å². The number of amides is 1. The lowest BCUT2D eigenvalue weighted by Gasteiger charge is -2.12. The first-order valence-corrected chi connectivity index (χ1v) is 9.80. The molecule has 1 aromatic carbocycles. The quantitative estimate of drug-likeness (QED) is 0.151. The summed E-state index contributed by atoms with van der Waals surface area (Å²) >= 11 is 12.4. The van der Waals surface area contributed by atoms with Gasteiger partial charge in [0.25, 0.3) is 5.91 Å². The molecule has 0 heterocycles. The lowest BCUT2D eigenvalue weighted by atomic mass is 10.1. The summed E-state index contributed by atoms with van der Waals surface area (Å²) in [7, 11) is 0. The van der Waals surface area contributed by atoms with Gasteiger partial charge in [-0.05, 0) is 50.0 Å². The number of carbonyl (C=O) groups excluding carboxylic acids is 1.